The van der Waals surface area contributed by atoms with Crippen LogP contribution in [0.3, 0.4) is 0 Å². The molecule has 1 aliphatic carbocycles. The second kappa shape index (κ2) is 4.13. The Morgan fingerprint density at radius 1 is 1.09 bits per heavy atom. The van der Waals surface area contributed by atoms with Gasteiger partial charge >= 0.3 is 0 Å². The Hall–Kier alpha value is -0.0100. The molecular weight excluding hydrogens is 158 g/mol. The lowest BCUT2D eigenvalue weighted by Crippen LogP contribution is -2.18. The topological polar surface area (TPSA) is 12.0 Å². The number of allylic oxidation sites excluding steroid dienone is 1. The fourth-order valence-corrected chi connectivity index (χ4v) is 1.46. The highest BCUT2D eigenvalue weighted by Gasteiger charge is 2.18. The maximum absolute atomic E-state index is 3.45. The summed E-state index contributed by atoms with van der Waals surface area (Å²) in [6.07, 6.45) is 10.3. The number of nitrogens with one attached hydrogen (secondary N) is 1. The van der Waals surface area contributed by atoms with E-state index in [0.29, 0.717) is 6.04 Å². The molecule has 0 spiro atoms. The zero-order valence-corrected chi connectivity index (χ0v) is 7.57. The molecule has 0 bridgehead atoms. The first kappa shape index (κ1) is 9.08. The number of hydrogen-bond acceptors (Lipinski definition) is 1. The van der Waals surface area contributed by atoms with Gasteiger partial charge in [0, 0.05) is 6.04 Å². The molecule has 1 N–H and O–H groups in total. The molecule has 64 valence electrons. The Labute approximate surface area is 74.7 Å². The SMILES string of the molecule is C(=C\C1CCCN1)/C1CC1.Cl. The van der Waals surface area contributed by atoms with E-state index in [9.17, 15) is 0 Å². The van der Waals surface area contributed by atoms with Gasteiger partial charge in [-0.3, -0.25) is 0 Å². The predicted molar refractivity (Wildman–Crippen MR) is 50.1 cm³/mol. The van der Waals surface area contributed by atoms with Crippen molar-refractivity contribution >= 4 is 12.4 Å². The fourth-order valence-electron chi connectivity index (χ4n) is 1.46. The van der Waals surface area contributed by atoms with Gasteiger partial charge in [-0.1, -0.05) is 12.2 Å². The Morgan fingerprint density at radius 3 is 2.45 bits per heavy atom. The third-order valence-corrected chi connectivity index (χ3v) is 2.34. The average molecular weight is 174 g/mol. The van der Waals surface area contributed by atoms with Gasteiger partial charge in [0.2, 0.25) is 0 Å². The van der Waals surface area contributed by atoms with Crippen LogP contribution in [0.1, 0.15) is 25.7 Å². The second-order valence-corrected chi connectivity index (χ2v) is 3.43. The van der Waals surface area contributed by atoms with Gasteiger partial charge in [-0.2, -0.15) is 0 Å². The van der Waals surface area contributed by atoms with E-state index in [2.05, 4.69) is 17.5 Å². The van der Waals surface area contributed by atoms with Crippen molar-refractivity contribution in [2.45, 2.75) is 31.7 Å². The van der Waals surface area contributed by atoms with Crippen molar-refractivity contribution in [2.75, 3.05) is 6.54 Å². The van der Waals surface area contributed by atoms with Crippen LogP contribution >= 0.6 is 12.4 Å². The van der Waals surface area contributed by atoms with Crippen molar-refractivity contribution in [3.8, 4) is 0 Å². The van der Waals surface area contributed by atoms with Crippen molar-refractivity contribution in [3.63, 3.8) is 0 Å². The minimum absolute atomic E-state index is 0. The summed E-state index contributed by atoms with van der Waals surface area (Å²) in [6, 6.07) is 0.709. The molecule has 0 aromatic carbocycles. The fraction of sp³-hybridized carbons (Fsp3) is 0.778. The lowest BCUT2D eigenvalue weighted by molar-refractivity contribution is 0.723. The zero-order valence-electron chi connectivity index (χ0n) is 6.75. The molecule has 1 nitrogen and oxygen atoms in total. The average Bonchev–Trinajstić information content (AvgIpc) is 2.63. The minimum atomic E-state index is 0. The molecule has 2 heteroatoms. The lowest BCUT2D eigenvalue weighted by Gasteiger charge is -2.00. The maximum atomic E-state index is 3.45. The summed E-state index contributed by atoms with van der Waals surface area (Å²) < 4.78 is 0. The summed E-state index contributed by atoms with van der Waals surface area (Å²) in [5, 5.41) is 3.45. The molecule has 0 aromatic heterocycles. The summed E-state index contributed by atoms with van der Waals surface area (Å²) in [5.41, 5.74) is 0. The van der Waals surface area contributed by atoms with E-state index in [-0.39, 0.29) is 12.4 Å². The van der Waals surface area contributed by atoms with E-state index in [0.717, 1.165) is 5.92 Å². The van der Waals surface area contributed by atoms with Crippen LogP contribution in [0.5, 0.6) is 0 Å². The molecule has 1 saturated heterocycles. The first-order chi connectivity index (χ1) is 4.95. The van der Waals surface area contributed by atoms with Crippen LogP contribution in [0.2, 0.25) is 0 Å². The molecule has 2 aliphatic rings. The van der Waals surface area contributed by atoms with Crippen molar-refractivity contribution in [1.82, 2.24) is 5.32 Å². The normalized spacial score (nSPS) is 30.7. The first-order valence-corrected chi connectivity index (χ1v) is 4.37. The Kier molecular flexibility index (Phi) is 3.41. The maximum Gasteiger partial charge on any atom is 0.0250 e. The van der Waals surface area contributed by atoms with Gasteiger partial charge in [-0.15, -0.1) is 12.4 Å². The lowest BCUT2D eigenvalue weighted by atomic mass is 10.2. The monoisotopic (exact) mass is 173 g/mol. The molecule has 2 rings (SSSR count). The van der Waals surface area contributed by atoms with Crippen LogP contribution in [-0.2, 0) is 0 Å². The highest BCUT2D eigenvalue weighted by Crippen LogP contribution is 2.30. The number of hydrogen-bond donors (Lipinski definition) is 1. The quantitative estimate of drug-likeness (QED) is 0.631. The van der Waals surface area contributed by atoms with Crippen molar-refractivity contribution in [1.29, 1.82) is 0 Å². The molecule has 1 heterocycles. The van der Waals surface area contributed by atoms with E-state index < -0.39 is 0 Å². The van der Waals surface area contributed by atoms with Crippen LogP contribution in [0.4, 0.5) is 0 Å². The summed E-state index contributed by atoms with van der Waals surface area (Å²) in [4.78, 5) is 0. The molecule has 1 atom stereocenters. The van der Waals surface area contributed by atoms with E-state index in [1.807, 2.05) is 0 Å². The van der Waals surface area contributed by atoms with Crippen LogP contribution in [0.15, 0.2) is 12.2 Å². The van der Waals surface area contributed by atoms with Crippen LogP contribution in [0.25, 0.3) is 0 Å². The summed E-state index contributed by atoms with van der Waals surface area (Å²) in [5.74, 6) is 0.947. The van der Waals surface area contributed by atoms with Gasteiger partial charge < -0.3 is 5.32 Å². The molecule has 0 aromatic rings. The van der Waals surface area contributed by atoms with Crippen molar-refractivity contribution in [2.24, 2.45) is 5.92 Å². The highest BCUT2D eigenvalue weighted by molar-refractivity contribution is 5.85. The smallest absolute Gasteiger partial charge is 0.0250 e. The minimum Gasteiger partial charge on any atom is -0.311 e. The zero-order chi connectivity index (χ0) is 6.81. The van der Waals surface area contributed by atoms with Crippen molar-refractivity contribution < 1.29 is 0 Å². The van der Waals surface area contributed by atoms with Crippen LogP contribution < -0.4 is 5.32 Å². The van der Waals surface area contributed by atoms with Gasteiger partial charge in [0.15, 0.2) is 0 Å². The van der Waals surface area contributed by atoms with Crippen LogP contribution in [-0.4, -0.2) is 12.6 Å². The molecule has 2 fully saturated rings. The van der Waals surface area contributed by atoms with Gasteiger partial charge in [0.05, 0.1) is 0 Å². The van der Waals surface area contributed by atoms with Gasteiger partial charge in [-0.05, 0) is 38.1 Å². The van der Waals surface area contributed by atoms with Gasteiger partial charge in [-0.25, -0.2) is 0 Å². The molecule has 11 heavy (non-hydrogen) atoms. The Bertz CT molecular complexity index is 134. The molecule has 0 amide bonds. The number of rotatable bonds is 2. The Morgan fingerprint density at radius 2 is 1.91 bits per heavy atom. The van der Waals surface area contributed by atoms with E-state index in [1.54, 1.807) is 0 Å². The molecule has 0 radical (unpaired) electrons. The largest absolute Gasteiger partial charge is 0.311 e. The van der Waals surface area contributed by atoms with Gasteiger partial charge in [0.1, 0.15) is 0 Å². The standard InChI is InChI=1S/C9H15N.ClH/c1-2-9(10-7-1)6-5-8-3-4-8;/h5-6,8-10H,1-4,7H2;1H/b6-5+;. The predicted octanol–water partition coefficient (Wildman–Crippen LogP) is 2.13. The summed E-state index contributed by atoms with van der Waals surface area (Å²) >= 11 is 0. The third-order valence-electron chi connectivity index (χ3n) is 2.34. The molecule has 1 aliphatic heterocycles. The molecule has 1 saturated carbocycles. The summed E-state index contributed by atoms with van der Waals surface area (Å²) in [7, 11) is 0. The first-order valence-electron chi connectivity index (χ1n) is 4.37. The summed E-state index contributed by atoms with van der Waals surface area (Å²) in [6.45, 7) is 1.22. The second-order valence-electron chi connectivity index (χ2n) is 3.43. The highest BCUT2D eigenvalue weighted by atomic mass is 35.5. The van der Waals surface area contributed by atoms with Gasteiger partial charge in [0.25, 0.3) is 0 Å². The molecular formula is C9H16ClN. The van der Waals surface area contributed by atoms with E-state index in [4.69, 9.17) is 0 Å². The Balaban J connectivity index is 0.000000605. The molecule has 1 unspecified atom stereocenters. The van der Waals surface area contributed by atoms with E-state index >= 15 is 0 Å². The third kappa shape index (κ3) is 2.84. The van der Waals surface area contributed by atoms with Crippen molar-refractivity contribution in [3.05, 3.63) is 12.2 Å². The van der Waals surface area contributed by atoms with E-state index in [1.165, 1.54) is 32.2 Å². The number of halogens is 1. The van der Waals surface area contributed by atoms with Crippen LogP contribution in [0, 0.1) is 5.92 Å².